The molecule has 1 aliphatic heterocycles. The van der Waals surface area contributed by atoms with Crippen LogP contribution < -0.4 is 5.32 Å². The van der Waals surface area contributed by atoms with Crippen LogP contribution in [0.5, 0.6) is 0 Å². The van der Waals surface area contributed by atoms with Gasteiger partial charge in [-0.25, -0.2) is 4.39 Å². The topological polar surface area (TPSA) is 49.4 Å². The zero-order chi connectivity index (χ0) is 17.6. The molecular formula is C19H21FN2O2S. The molecule has 0 unspecified atom stereocenters. The van der Waals surface area contributed by atoms with Crippen LogP contribution in [0.3, 0.4) is 0 Å². The van der Waals surface area contributed by atoms with Crippen molar-refractivity contribution in [1.82, 2.24) is 10.2 Å². The molecule has 4 nitrogen and oxygen atoms in total. The fraction of sp³-hybridized carbons (Fsp3) is 0.368. The number of likely N-dealkylation sites (tertiary alicyclic amines) is 1. The minimum absolute atomic E-state index is 0.0411. The molecule has 6 heteroatoms. The zero-order valence-electron chi connectivity index (χ0n) is 13.9. The summed E-state index contributed by atoms with van der Waals surface area (Å²) in [4.78, 5) is 27.2. The molecule has 1 saturated heterocycles. The number of hydrogen-bond donors (Lipinski definition) is 1. The molecule has 3 rings (SSSR count). The van der Waals surface area contributed by atoms with E-state index >= 15 is 0 Å². The number of halogens is 1. The Morgan fingerprint density at radius 3 is 2.52 bits per heavy atom. The number of benzene rings is 1. The van der Waals surface area contributed by atoms with Gasteiger partial charge in [0.05, 0.1) is 4.88 Å². The van der Waals surface area contributed by atoms with Gasteiger partial charge in [0.1, 0.15) is 5.82 Å². The SMILES string of the molecule is O=C(NCCc1ccc(F)cc1)C1CCN(C(=O)c2cccs2)CC1. The molecule has 1 aromatic heterocycles. The number of piperidine rings is 1. The second kappa shape index (κ2) is 8.25. The van der Waals surface area contributed by atoms with E-state index in [1.54, 1.807) is 12.1 Å². The smallest absolute Gasteiger partial charge is 0.263 e. The van der Waals surface area contributed by atoms with E-state index in [4.69, 9.17) is 0 Å². The van der Waals surface area contributed by atoms with E-state index in [2.05, 4.69) is 5.32 Å². The minimum atomic E-state index is -0.253. The molecule has 0 bridgehead atoms. The number of nitrogens with zero attached hydrogens (tertiary/aromatic N) is 1. The highest BCUT2D eigenvalue weighted by atomic mass is 32.1. The second-order valence-electron chi connectivity index (χ2n) is 6.21. The molecule has 0 radical (unpaired) electrons. The van der Waals surface area contributed by atoms with Crippen LogP contribution in [0.25, 0.3) is 0 Å². The molecule has 0 spiro atoms. The minimum Gasteiger partial charge on any atom is -0.356 e. The predicted molar refractivity (Wildman–Crippen MR) is 96.1 cm³/mol. The Hall–Kier alpha value is -2.21. The summed E-state index contributed by atoms with van der Waals surface area (Å²) >= 11 is 1.45. The molecule has 0 aliphatic carbocycles. The van der Waals surface area contributed by atoms with E-state index in [1.165, 1.54) is 23.5 Å². The lowest BCUT2D eigenvalue weighted by Gasteiger charge is -2.31. The Morgan fingerprint density at radius 1 is 1.16 bits per heavy atom. The maximum atomic E-state index is 12.9. The maximum absolute atomic E-state index is 12.9. The van der Waals surface area contributed by atoms with Gasteiger partial charge in [-0.3, -0.25) is 9.59 Å². The van der Waals surface area contributed by atoms with Gasteiger partial charge in [0, 0.05) is 25.6 Å². The molecule has 0 saturated carbocycles. The average Bonchev–Trinajstić information content (AvgIpc) is 3.17. The van der Waals surface area contributed by atoms with Crippen molar-refractivity contribution in [1.29, 1.82) is 0 Å². The van der Waals surface area contributed by atoms with E-state index in [1.807, 2.05) is 22.4 Å². The van der Waals surface area contributed by atoms with Gasteiger partial charge in [-0.05, 0) is 48.4 Å². The molecule has 2 aromatic rings. The van der Waals surface area contributed by atoms with E-state index in [9.17, 15) is 14.0 Å². The summed E-state index contributed by atoms with van der Waals surface area (Å²) in [6.07, 6.45) is 2.07. The summed E-state index contributed by atoms with van der Waals surface area (Å²) < 4.78 is 12.9. The molecular weight excluding hydrogens is 339 g/mol. The normalized spacial score (nSPS) is 15.2. The first-order valence-corrected chi connectivity index (χ1v) is 9.36. The fourth-order valence-electron chi connectivity index (χ4n) is 3.03. The Labute approximate surface area is 150 Å². The third kappa shape index (κ3) is 4.66. The van der Waals surface area contributed by atoms with Crippen molar-refractivity contribution in [2.75, 3.05) is 19.6 Å². The fourth-order valence-corrected chi connectivity index (χ4v) is 3.72. The van der Waals surface area contributed by atoms with Crippen molar-refractivity contribution in [3.05, 3.63) is 58.0 Å². The summed E-state index contributed by atoms with van der Waals surface area (Å²) in [5.41, 5.74) is 0.998. The van der Waals surface area contributed by atoms with Gasteiger partial charge < -0.3 is 10.2 Å². The lowest BCUT2D eigenvalue weighted by Crippen LogP contribution is -2.43. The van der Waals surface area contributed by atoms with Crippen molar-refractivity contribution in [3.8, 4) is 0 Å². The molecule has 1 N–H and O–H groups in total. The summed E-state index contributed by atoms with van der Waals surface area (Å²) in [5.74, 6) is -0.187. The van der Waals surface area contributed by atoms with Gasteiger partial charge in [-0.2, -0.15) is 0 Å². The Morgan fingerprint density at radius 2 is 1.88 bits per heavy atom. The first kappa shape index (κ1) is 17.6. The van der Waals surface area contributed by atoms with Gasteiger partial charge in [-0.15, -0.1) is 11.3 Å². The number of thiophene rings is 1. The summed E-state index contributed by atoms with van der Waals surface area (Å²) in [6.45, 7) is 1.78. The van der Waals surface area contributed by atoms with Crippen LogP contribution in [-0.2, 0) is 11.2 Å². The highest BCUT2D eigenvalue weighted by Crippen LogP contribution is 2.21. The van der Waals surface area contributed by atoms with Gasteiger partial charge in [-0.1, -0.05) is 18.2 Å². The summed E-state index contributed by atoms with van der Waals surface area (Å²) in [6, 6.07) is 10.0. The number of nitrogens with one attached hydrogen (secondary N) is 1. The average molecular weight is 360 g/mol. The Bertz CT molecular complexity index is 708. The lowest BCUT2D eigenvalue weighted by atomic mass is 9.95. The molecule has 0 atom stereocenters. The number of hydrogen-bond acceptors (Lipinski definition) is 3. The monoisotopic (exact) mass is 360 g/mol. The Kier molecular flexibility index (Phi) is 5.81. The highest BCUT2D eigenvalue weighted by Gasteiger charge is 2.27. The Balaban J connectivity index is 1.41. The molecule has 1 aromatic carbocycles. The predicted octanol–water partition coefficient (Wildman–Crippen LogP) is 3.10. The molecule has 132 valence electrons. The molecule has 2 heterocycles. The maximum Gasteiger partial charge on any atom is 0.263 e. The number of carbonyl (C=O) groups is 2. The number of amides is 2. The first-order chi connectivity index (χ1) is 12.1. The number of carbonyl (C=O) groups excluding carboxylic acids is 2. The third-order valence-electron chi connectivity index (χ3n) is 4.51. The van der Waals surface area contributed by atoms with Gasteiger partial charge in [0.2, 0.25) is 5.91 Å². The summed E-state index contributed by atoms with van der Waals surface area (Å²) in [5, 5.41) is 4.85. The summed E-state index contributed by atoms with van der Waals surface area (Å²) in [7, 11) is 0. The van der Waals surface area contributed by atoms with Gasteiger partial charge in [0.15, 0.2) is 0 Å². The van der Waals surface area contributed by atoms with Gasteiger partial charge >= 0.3 is 0 Å². The van der Waals surface area contributed by atoms with E-state index in [0.717, 1.165) is 10.4 Å². The van der Waals surface area contributed by atoms with E-state index in [0.29, 0.717) is 38.9 Å². The standard InChI is InChI=1S/C19H21FN2O2S/c20-16-5-3-14(4-6-16)7-10-21-18(23)15-8-11-22(12-9-15)19(24)17-2-1-13-25-17/h1-6,13,15H,7-12H2,(H,21,23). The third-order valence-corrected chi connectivity index (χ3v) is 5.37. The molecule has 1 aliphatic rings. The van der Waals surface area contributed by atoms with Crippen molar-refractivity contribution < 1.29 is 14.0 Å². The van der Waals surface area contributed by atoms with Crippen LogP contribution in [0.15, 0.2) is 41.8 Å². The first-order valence-electron chi connectivity index (χ1n) is 8.48. The zero-order valence-corrected chi connectivity index (χ0v) is 14.7. The van der Waals surface area contributed by atoms with Crippen LogP contribution >= 0.6 is 11.3 Å². The van der Waals surface area contributed by atoms with Crippen LogP contribution in [0.4, 0.5) is 4.39 Å². The van der Waals surface area contributed by atoms with Crippen molar-refractivity contribution in [3.63, 3.8) is 0 Å². The second-order valence-corrected chi connectivity index (χ2v) is 7.16. The molecule has 25 heavy (non-hydrogen) atoms. The van der Waals surface area contributed by atoms with Crippen LogP contribution in [0.2, 0.25) is 0 Å². The van der Waals surface area contributed by atoms with Crippen LogP contribution in [0.1, 0.15) is 28.1 Å². The van der Waals surface area contributed by atoms with Crippen LogP contribution in [0, 0.1) is 11.7 Å². The molecule has 2 amide bonds. The quantitative estimate of drug-likeness (QED) is 0.891. The highest BCUT2D eigenvalue weighted by molar-refractivity contribution is 7.12. The van der Waals surface area contributed by atoms with E-state index < -0.39 is 0 Å². The van der Waals surface area contributed by atoms with E-state index in [-0.39, 0.29) is 23.5 Å². The lowest BCUT2D eigenvalue weighted by molar-refractivity contribution is -0.126. The van der Waals surface area contributed by atoms with Crippen molar-refractivity contribution in [2.24, 2.45) is 5.92 Å². The number of rotatable bonds is 5. The van der Waals surface area contributed by atoms with Crippen molar-refractivity contribution >= 4 is 23.2 Å². The largest absolute Gasteiger partial charge is 0.356 e. The molecule has 1 fully saturated rings. The van der Waals surface area contributed by atoms with Crippen LogP contribution in [-0.4, -0.2) is 36.3 Å². The van der Waals surface area contributed by atoms with Gasteiger partial charge in [0.25, 0.3) is 5.91 Å². The van der Waals surface area contributed by atoms with Crippen molar-refractivity contribution in [2.45, 2.75) is 19.3 Å².